The molecule has 1 heterocycles. The minimum absolute atomic E-state index is 0.0441. The van der Waals surface area contributed by atoms with Crippen molar-refractivity contribution in [2.45, 2.75) is 18.2 Å². The summed E-state index contributed by atoms with van der Waals surface area (Å²) in [7, 11) is -3.83. The van der Waals surface area contributed by atoms with Gasteiger partial charge in [0.05, 0.1) is 4.90 Å². The van der Waals surface area contributed by atoms with Crippen LogP contribution in [-0.4, -0.2) is 62.8 Å². The summed E-state index contributed by atoms with van der Waals surface area (Å²) in [6.07, 6.45) is -0.0441. The standard InChI is InChI=1S/C21H23F2N3O4S/c1-15-2-3-16(14-19(15)23)21(28)26-12-10-25(11-13-26)20(27)8-9-24-31(29,30)18-6-4-17(22)5-7-18/h2-7,14,24H,8-13H2,1H3. The van der Waals surface area contributed by atoms with Gasteiger partial charge in [-0.25, -0.2) is 21.9 Å². The van der Waals surface area contributed by atoms with E-state index in [1.165, 1.54) is 6.07 Å². The normalized spacial score (nSPS) is 14.5. The maximum atomic E-state index is 13.7. The molecule has 2 aromatic rings. The lowest BCUT2D eigenvalue weighted by Gasteiger charge is -2.35. The van der Waals surface area contributed by atoms with E-state index < -0.39 is 21.7 Å². The van der Waals surface area contributed by atoms with Gasteiger partial charge in [0.1, 0.15) is 11.6 Å². The first-order valence-corrected chi connectivity index (χ1v) is 11.2. The van der Waals surface area contributed by atoms with Crippen LogP contribution in [0.25, 0.3) is 0 Å². The Morgan fingerprint density at radius 3 is 2.19 bits per heavy atom. The molecule has 1 saturated heterocycles. The third kappa shape index (κ3) is 5.65. The van der Waals surface area contributed by atoms with E-state index in [-0.39, 0.29) is 35.2 Å². The Hall–Kier alpha value is -2.85. The summed E-state index contributed by atoms with van der Waals surface area (Å²) < 4.78 is 53.3. The smallest absolute Gasteiger partial charge is 0.254 e. The molecule has 0 unspecified atom stereocenters. The molecule has 1 fully saturated rings. The SMILES string of the molecule is Cc1ccc(C(=O)N2CCN(C(=O)CCNS(=O)(=O)c3ccc(F)cc3)CC2)cc1F. The monoisotopic (exact) mass is 451 g/mol. The van der Waals surface area contributed by atoms with Crippen LogP contribution in [-0.2, 0) is 14.8 Å². The number of amides is 2. The first-order valence-electron chi connectivity index (χ1n) is 9.76. The summed E-state index contributed by atoms with van der Waals surface area (Å²) >= 11 is 0. The van der Waals surface area contributed by atoms with E-state index >= 15 is 0 Å². The van der Waals surface area contributed by atoms with Gasteiger partial charge in [0.15, 0.2) is 0 Å². The van der Waals surface area contributed by atoms with Crippen molar-refractivity contribution < 1.29 is 26.8 Å². The van der Waals surface area contributed by atoms with Gasteiger partial charge in [-0.2, -0.15) is 0 Å². The largest absolute Gasteiger partial charge is 0.339 e. The summed E-state index contributed by atoms with van der Waals surface area (Å²) in [6, 6.07) is 8.73. The molecule has 166 valence electrons. The Morgan fingerprint density at radius 1 is 0.968 bits per heavy atom. The zero-order valence-electron chi connectivity index (χ0n) is 17.0. The van der Waals surface area contributed by atoms with E-state index in [1.54, 1.807) is 28.9 Å². The Kier molecular flexibility index (Phi) is 7.01. The summed E-state index contributed by atoms with van der Waals surface area (Å²) in [5.41, 5.74) is 0.722. The van der Waals surface area contributed by atoms with Crippen molar-refractivity contribution in [3.05, 3.63) is 65.2 Å². The second kappa shape index (κ2) is 9.52. The van der Waals surface area contributed by atoms with Crippen molar-refractivity contribution in [2.75, 3.05) is 32.7 Å². The number of rotatable bonds is 6. The number of aryl methyl sites for hydroxylation is 1. The number of halogens is 2. The fraction of sp³-hybridized carbons (Fsp3) is 0.333. The fourth-order valence-corrected chi connectivity index (χ4v) is 4.25. The van der Waals surface area contributed by atoms with E-state index in [9.17, 15) is 26.8 Å². The zero-order chi connectivity index (χ0) is 22.6. The van der Waals surface area contributed by atoms with Crippen molar-refractivity contribution in [3.63, 3.8) is 0 Å². The van der Waals surface area contributed by atoms with Crippen LogP contribution in [0.4, 0.5) is 8.78 Å². The highest BCUT2D eigenvalue weighted by molar-refractivity contribution is 7.89. The van der Waals surface area contributed by atoms with E-state index in [0.717, 1.165) is 24.3 Å². The number of benzene rings is 2. The predicted molar refractivity (Wildman–Crippen MR) is 110 cm³/mol. The molecule has 0 bridgehead atoms. The maximum Gasteiger partial charge on any atom is 0.254 e. The molecule has 1 N–H and O–H groups in total. The average Bonchev–Trinajstić information content (AvgIpc) is 2.75. The Morgan fingerprint density at radius 2 is 1.58 bits per heavy atom. The minimum Gasteiger partial charge on any atom is -0.339 e. The molecule has 31 heavy (non-hydrogen) atoms. The lowest BCUT2D eigenvalue weighted by Crippen LogP contribution is -2.51. The quantitative estimate of drug-likeness (QED) is 0.727. The van der Waals surface area contributed by atoms with Crippen LogP contribution >= 0.6 is 0 Å². The van der Waals surface area contributed by atoms with Crippen LogP contribution in [0, 0.1) is 18.6 Å². The van der Waals surface area contributed by atoms with E-state index in [1.807, 2.05) is 0 Å². The van der Waals surface area contributed by atoms with Gasteiger partial charge in [-0.1, -0.05) is 6.07 Å². The molecule has 0 radical (unpaired) electrons. The molecule has 0 aliphatic carbocycles. The molecule has 0 spiro atoms. The van der Waals surface area contributed by atoms with Crippen molar-refractivity contribution in [2.24, 2.45) is 0 Å². The summed E-state index contributed by atoms with van der Waals surface area (Å²) in [4.78, 5) is 28.0. The number of carbonyl (C=O) groups excluding carboxylic acids is 2. The third-order valence-electron chi connectivity index (χ3n) is 5.09. The molecule has 1 aliphatic rings. The number of nitrogens with zero attached hydrogens (tertiary/aromatic N) is 2. The van der Waals surface area contributed by atoms with Crippen LogP contribution in [0.15, 0.2) is 47.4 Å². The Balaban J connectivity index is 1.47. The topological polar surface area (TPSA) is 86.8 Å². The van der Waals surface area contributed by atoms with Gasteiger partial charge in [0.2, 0.25) is 15.9 Å². The van der Waals surface area contributed by atoms with Gasteiger partial charge in [-0.15, -0.1) is 0 Å². The summed E-state index contributed by atoms with van der Waals surface area (Å²) in [5, 5.41) is 0. The van der Waals surface area contributed by atoms with Gasteiger partial charge < -0.3 is 9.80 Å². The van der Waals surface area contributed by atoms with E-state index in [0.29, 0.717) is 31.7 Å². The van der Waals surface area contributed by atoms with E-state index in [4.69, 9.17) is 0 Å². The van der Waals surface area contributed by atoms with Crippen molar-refractivity contribution in [1.82, 2.24) is 14.5 Å². The predicted octanol–water partition coefficient (Wildman–Crippen LogP) is 1.93. The summed E-state index contributed by atoms with van der Waals surface area (Å²) in [5.74, 6) is -1.52. The molecule has 1 aliphatic heterocycles. The second-order valence-corrected chi connectivity index (χ2v) is 9.01. The Labute approximate surface area is 179 Å². The molecule has 0 saturated carbocycles. The lowest BCUT2D eigenvalue weighted by atomic mass is 10.1. The van der Waals surface area contributed by atoms with Gasteiger partial charge in [-0.3, -0.25) is 9.59 Å². The zero-order valence-corrected chi connectivity index (χ0v) is 17.8. The van der Waals surface area contributed by atoms with Crippen LogP contribution in [0.3, 0.4) is 0 Å². The number of hydrogen-bond donors (Lipinski definition) is 1. The highest BCUT2D eigenvalue weighted by atomic mass is 32.2. The lowest BCUT2D eigenvalue weighted by molar-refractivity contribution is -0.132. The summed E-state index contributed by atoms with van der Waals surface area (Å²) in [6.45, 7) is 2.75. The van der Waals surface area contributed by atoms with Crippen molar-refractivity contribution in [1.29, 1.82) is 0 Å². The molecule has 3 rings (SSSR count). The first kappa shape index (κ1) is 22.8. The third-order valence-corrected chi connectivity index (χ3v) is 6.57. The van der Waals surface area contributed by atoms with Crippen LogP contribution in [0.5, 0.6) is 0 Å². The molecular weight excluding hydrogens is 428 g/mol. The number of nitrogens with one attached hydrogen (secondary N) is 1. The van der Waals surface area contributed by atoms with Crippen LogP contribution < -0.4 is 4.72 Å². The number of sulfonamides is 1. The average molecular weight is 451 g/mol. The molecule has 2 aromatic carbocycles. The molecule has 0 aromatic heterocycles. The van der Waals surface area contributed by atoms with Crippen molar-refractivity contribution >= 4 is 21.8 Å². The fourth-order valence-electron chi connectivity index (χ4n) is 3.21. The van der Waals surface area contributed by atoms with Gasteiger partial charge in [0, 0.05) is 44.7 Å². The molecular formula is C21H23F2N3O4S. The van der Waals surface area contributed by atoms with Crippen LogP contribution in [0.1, 0.15) is 22.3 Å². The van der Waals surface area contributed by atoms with Gasteiger partial charge in [-0.05, 0) is 48.9 Å². The number of hydrogen-bond acceptors (Lipinski definition) is 4. The molecule has 10 heteroatoms. The highest BCUT2D eigenvalue weighted by Crippen LogP contribution is 2.14. The maximum absolute atomic E-state index is 13.7. The second-order valence-electron chi connectivity index (χ2n) is 7.24. The first-order chi connectivity index (χ1) is 14.7. The molecule has 2 amide bonds. The molecule has 0 atom stereocenters. The highest BCUT2D eigenvalue weighted by Gasteiger charge is 2.25. The van der Waals surface area contributed by atoms with E-state index in [2.05, 4.69) is 4.72 Å². The van der Waals surface area contributed by atoms with Gasteiger partial charge >= 0.3 is 0 Å². The minimum atomic E-state index is -3.83. The number of piperazine rings is 1. The van der Waals surface area contributed by atoms with Crippen LogP contribution in [0.2, 0.25) is 0 Å². The van der Waals surface area contributed by atoms with Crippen molar-refractivity contribution in [3.8, 4) is 0 Å². The Bertz CT molecular complexity index is 1070. The molecule has 7 nitrogen and oxygen atoms in total. The number of carbonyl (C=O) groups is 2. The van der Waals surface area contributed by atoms with Gasteiger partial charge in [0.25, 0.3) is 5.91 Å².